The first-order valence-electron chi connectivity index (χ1n) is 7.92. The predicted octanol–water partition coefficient (Wildman–Crippen LogP) is 4.77. The highest BCUT2D eigenvalue weighted by atomic mass is 19.1. The van der Waals surface area contributed by atoms with Gasteiger partial charge in [0.1, 0.15) is 11.9 Å². The van der Waals surface area contributed by atoms with Crippen molar-refractivity contribution in [3.05, 3.63) is 88.5 Å². The summed E-state index contributed by atoms with van der Waals surface area (Å²) in [4.78, 5) is 10.7. The van der Waals surface area contributed by atoms with Gasteiger partial charge in [0.25, 0.3) is 0 Å². The number of pyridine rings is 3. The van der Waals surface area contributed by atoms with Gasteiger partial charge in [-0.15, -0.1) is 0 Å². The molecule has 0 saturated heterocycles. The fourth-order valence-electron chi connectivity index (χ4n) is 2.00. The van der Waals surface area contributed by atoms with Crippen molar-refractivity contribution >= 4 is 0 Å². The van der Waals surface area contributed by atoms with E-state index in [-0.39, 0.29) is 0 Å². The van der Waals surface area contributed by atoms with Crippen LogP contribution < -0.4 is 0 Å². The lowest BCUT2D eigenvalue weighted by atomic mass is 10.2. The molecule has 0 atom stereocenters. The SMILES string of the molecule is Cc1cc(C)nc(F)c1.Cc1cc(F)cc(F)n1.Cc1cncc(C#N)c1. The summed E-state index contributed by atoms with van der Waals surface area (Å²) in [6.45, 7) is 7.06. The summed E-state index contributed by atoms with van der Waals surface area (Å²) in [6, 6.07) is 8.96. The number of aryl methyl sites for hydroxylation is 4. The van der Waals surface area contributed by atoms with E-state index in [4.69, 9.17) is 5.26 Å². The molecule has 0 bridgehead atoms. The molecule has 0 aliphatic rings. The Balaban J connectivity index is 0.000000202. The quantitative estimate of drug-likeness (QED) is 0.534. The Morgan fingerprint density at radius 1 is 0.741 bits per heavy atom. The van der Waals surface area contributed by atoms with Gasteiger partial charge in [-0.1, -0.05) is 0 Å². The van der Waals surface area contributed by atoms with Gasteiger partial charge in [0.15, 0.2) is 0 Å². The highest BCUT2D eigenvalue weighted by Crippen LogP contribution is 2.02. The lowest BCUT2D eigenvalue weighted by Crippen LogP contribution is -1.87. The van der Waals surface area contributed by atoms with Crippen molar-refractivity contribution in [2.45, 2.75) is 27.7 Å². The number of halogens is 3. The molecule has 0 fully saturated rings. The Hall–Kier alpha value is -3.27. The minimum Gasteiger partial charge on any atom is -0.263 e. The van der Waals surface area contributed by atoms with E-state index in [1.54, 1.807) is 25.4 Å². The highest BCUT2D eigenvalue weighted by Gasteiger charge is 1.95. The molecular formula is C20H19F3N4. The Kier molecular flexibility index (Phi) is 8.60. The average molecular weight is 372 g/mol. The molecule has 0 aliphatic carbocycles. The van der Waals surface area contributed by atoms with E-state index >= 15 is 0 Å². The van der Waals surface area contributed by atoms with E-state index in [2.05, 4.69) is 15.0 Å². The molecule has 7 heteroatoms. The second-order valence-corrected chi connectivity index (χ2v) is 5.72. The van der Waals surface area contributed by atoms with Crippen molar-refractivity contribution in [3.63, 3.8) is 0 Å². The Morgan fingerprint density at radius 2 is 1.33 bits per heavy atom. The van der Waals surface area contributed by atoms with E-state index in [1.165, 1.54) is 19.1 Å². The molecule has 0 N–H and O–H groups in total. The van der Waals surface area contributed by atoms with Crippen LogP contribution in [0.1, 0.15) is 28.1 Å². The van der Waals surface area contributed by atoms with Crippen LogP contribution in [0.5, 0.6) is 0 Å². The predicted molar refractivity (Wildman–Crippen MR) is 96.2 cm³/mol. The van der Waals surface area contributed by atoms with Gasteiger partial charge in [0.2, 0.25) is 11.9 Å². The number of hydrogen-bond acceptors (Lipinski definition) is 4. The molecule has 3 aromatic rings. The first-order valence-corrected chi connectivity index (χ1v) is 7.92. The van der Waals surface area contributed by atoms with Gasteiger partial charge < -0.3 is 0 Å². The molecule has 0 spiro atoms. The van der Waals surface area contributed by atoms with Crippen LogP contribution in [0.15, 0.2) is 42.7 Å². The van der Waals surface area contributed by atoms with Gasteiger partial charge in [-0.05, 0) is 63.1 Å². The molecular weight excluding hydrogens is 353 g/mol. The molecule has 0 radical (unpaired) electrons. The zero-order valence-electron chi connectivity index (χ0n) is 15.5. The molecule has 0 unspecified atom stereocenters. The van der Waals surface area contributed by atoms with Crippen LogP contribution in [0.3, 0.4) is 0 Å². The Bertz CT molecular complexity index is 786. The summed E-state index contributed by atoms with van der Waals surface area (Å²) in [5, 5.41) is 8.37. The van der Waals surface area contributed by atoms with E-state index in [9.17, 15) is 13.2 Å². The first-order chi connectivity index (χ1) is 12.7. The average Bonchev–Trinajstić information content (AvgIpc) is 2.53. The van der Waals surface area contributed by atoms with Crippen LogP contribution in [-0.2, 0) is 0 Å². The number of rotatable bonds is 0. The summed E-state index contributed by atoms with van der Waals surface area (Å²) >= 11 is 0. The van der Waals surface area contributed by atoms with Crippen molar-refractivity contribution < 1.29 is 13.2 Å². The van der Waals surface area contributed by atoms with Crippen molar-refractivity contribution in [1.82, 2.24) is 15.0 Å². The molecule has 3 heterocycles. The van der Waals surface area contributed by atoms with Gasteiger partial charge >= 0.3 is 0 Å². The summed E-state index contributed by atoms with van der Waals surface area (Å²) in [6.07, 6.45) is 3.27. The smallest absolute Gasteiger partial charge is 0.215 e. The maximum atomic E-state index is 12.3. The highest BCUT2D eigenvalue weighted by molar-refractivity contribution is 5.27. The minimum absolute atomic E-state index is 0.354. The maximum absolute atomic E-state index is 12.3. The fraction of sp³-hybridized carbons (Fsp3) is 0.200. The molecule has 0 aliphatic heterocycles. The standard InChI is InChI=1S/C7H8FN.C7H6N2.C6H5F2N/c1-5-3-6(2)9-7(8)4-5;1-6-2-7(3-8)5-9-4-6;1-4-2-5(7)3-6(8)9-4/h3-4H,1-2H3;2,4-5H,1H3;2-3H,1H3. The van der Waals surface area contributed by atoms with Gasteiger partial charge in [-0.3, -0.25) is 4.98 Å². The Labute approximate surface area is 156 Å². The van der Waals surface area contributed by atoms with Crippen LogP contribution in [0.25, 0.3) is 0 Å². The molecule has 3 aromatic heterocycles. The van der Waals surface area contributed by atoms with E-state index in [0.29, 0.717) is 11.3 Å². The molecule has 27 heavy (non-hydrogen) atoms. The van der Waals surface area contributed by atoms with Gasteiger partial charge in [0, 0.05) is 29.8 Å². The molecule has 0 aromatic carbocycles. The van der Waals surface area contributed by atoms with Gasteiger partial charge in [-0.25, -0.2) is 14.4 Å². The van der Waals surface area contributed by atoms with Crippen molar-refractivity contribution in [3.8, 4) is 6.07 Å². The Morgan fingerprint density at radius 3 is 1.74 bits per heavy atom. The van der Waals surface area contributed by atoms with Crippen molar-refractivity contribution in [2.75, 3.05) is 0 Å². The zero-order chi connectivity index (χ0) is 20.4. The summed E-state index contributed by atoms with van der Waals surface area (Å²) in [7, 11) is 0. The van der Waals surface area contributed by atoms with Crippen LogP contribution in [0, 0.1) is 56.7 Å². The van der Waals surface area contributed by atoms with Crippen LogP contribution in [-0.4, -0.2) is 15.0 Å². The minimum atomic E-state index is -0.771. The van der Waals surface area contributed by atoms with Crippen LogP contribution >= 0.6 is 0 Å². The maximum Gasteiger partial charge on any atom is 0.215 e. The van der Waals surface area contributed by atoms with Crippen molar-refractivity contribution in [2.24, 2.45) is 0 Å². The van der Waals surface area contributed by atoms with Crippen molar-refractivity contribution in [1.29, 1.82) is 5.26 Å². The summed E-state index contributed by atoms with van der Waals surface area (Å²) < 4.78 is 36.5. The molecule has 3 rings (SSSR count). The zero-order valence-corrected chi connectivity index (χ0v) is 15.5. The van der Waals surface area contributed by atoms with Crippen LogP contribution in [0.2, 0.25) is 0 Å². The molecule has 0 amide bonds. The lowest BCUT2D eigenvalue weighted by molar-refractivity contribution is 0.548. The number of aromatic nitrogens is 3. The van der Waals surface area contributed by atoms with Gasteiger partial charge in [0.05, 0.1) is 5.56 Å². The monoisotopic (exact) mass is 372 g/mol. The van der Waals surface area contributed by atoms with E-state index < -0.39 is 17.7 Å². The normalized spacial score (nSPS) is 9.26. The molecule has 140 valence electrons. The first kappa shape index (κ1) is 21.8. The third-order valence-corrected chi connectivity index (χ3v) is 2.96. The van der Waals surface area contributed by atoms with E-state index in [0.717, 1.165) is 22.9 Å². The van der Waals surface area contributed by atoms with Crippen LogP contribution in [0.4, 0.5) is 13.2 Å². The molecule has 4 nitrogen and oxygen atoms in total. The number of nitriles is 1. The summed E-state index contributed by atoms with van der Waals surface area (Å²) in [5.41, 5.74) is 3.64. The fourth-order valence-corrected chi connectivity index (χ4v) is 2.00. The molecule has 0 saturated carbocycles. The summed E-state index contributed by atoms with van der Waals surface area (Å²) in [5.74, 6) is -1.75. The second-order valence-electron chi connectivity index (χ2n) is 5.72. The van der Waals surface area contributed by atoms with Gasteiger partial charge in [-0.2, -0.15) is 14.0 Å². The largest absolute Gasteiger partial charge is 0.263 e. The number of hydrogen-bond donors (Lipinski definition) is 0. The second kappa shape index (κ2) is 10.7. The topological polar surface area (TPSA) is 62.5 Å². The third kappa shape index (κ3) is 9.12. The van der Waals surface area contributed by atoms with E-state index in [1.807, 2.05) is 26.0 Å². The number of nitrogens with zero attached hydrogens (tertiary/aromatic N) is 4. The third-order valence-electron chi connectivity index (χ3n) is 2.96. The lowest BCUT2D eigenvalue weighted by Gasteiger charge is -1.93.